The van der Waals surface area contributed by atoms with Crippen molar-refractivity contribution in [1.82, 2.24) is 0 Å². The van der Waals surface area contributed by atoms with Crippen molar-refractivity contribution >= 4 is 0 Å². The Hall–Kier alpha value is -1.22. The minimum Gasteiger partial charge on any atom is -0.494 e. The molecular weight excluding hydrogens is 252 g/mol. The Morgan fingerprint density at radius 3 is 2.50 bits per heavy atom. The highest BCUT2D eigenvalue weighted by Gasteiger charge is 2.38. The van der Waals surface area contributed by atoms with Crippen molar-refractivity contribution in [3.63, 3.8) is 0 Å². The molecule has 2 unspecified atom stereocenters. The minimum absolute atomic E-state index is 0.0624. The highest BCUT2D eigenvalue weighted by atomic mass is 16.5. The first-order chi connectivity index (χ1) is 9.53. The molecule has 1 N–H and O–H groups in total. The fourth-order valence-corrected chi connectivity index (χ4v) is 2.70. The molecule has 0 spiro atoms. The van der Waals surface area contributed by atoms with Crippen LogP contribution in [0.25, 0.3) is 0 Å². The van der Waals surface area contributed by atoms with E-state index in [1.54, 1.807) is 0 Å². The van der Waals surface area contributed by atoms with E-state index in [0.29, 0.717) is 0 Å². The smallest absolute Gasteiger partial charge is 0.125 e. The Morgan fingerprint density at radius 2 is 1.85 bits per heavy atom. The van der Waals surface area contributed by atoms with Crippen LogP contribution in [0.3, 0.4) is 0 Å². The van der Waals surface area contributed by atoms with Gasteiger partial charge in [0.2, 0.25) is 0 Å². The number of hydrogen-bond acceptors (Lipinski definition) is 3. The van der Waals surface area contributed by atoms with Gasteiger partial charge in [0.05, 0.1) is 12.7 Å². The van der Waals surface area contributed by atoms with E-state index in [-0.39, 0.29) is 11.5 Å². The maximum Gasteiger partial charge on any atom is 0.125 e. The van der Waals surface area contributed by atoms with Gasteiger partial charge in [0.1, 0.15) is 17.6 Å². The molecule has 0 amide bonds. The van der Waals surface area contributed by atoms with E-state index in [9.17, 15) is 5.11 Å². The van der Waals surface area contributed by atoms with Gasteiger partial charge in [-0.2, -0.15) is 0 Å². The van der Waals surface area contributed by atoms with Gasteiger partial charge in [0.15, 0.2) is 0 Å². The second-order valence-corrected chi connectivity index (χ2v) is 6.30. The predicted molar refractivity (Wildman–Crippen MR) is 80.3 cm³/mol. The van der Waals surface area contributed by atoms with E-state index in [1.807, 2.05) is 24.3 Å². The monoisotopic (exact) mass is 278 g/mol. The van der Waals surface area contributed by atoms with Crippen molar-refractivity contribution in [3.05, 3.63) is 24.3 Å². The molecule has 1 aromatic rings. The van der Waals surface area contributed by atoms with Crippen LogP contribution in [-0.2, 0) is 0 Å². The highest BCUT2D eigenvalue weighted by Crippen LogP contribution is 2.37. The van der Waals surface area contributed by atoms with E-state index in [1.165, 1.54) is 0 Å². The highest BCUT2D eigenvalue weighted by molar-refractivity contribution is 5.31. The summed E-state index contributed by atoms with van der Waals surface area (Å²) in [6.45, 7) is 7.03. The predicted octanol–water partition coefficient (Wildman–Crippen LogP) is 3.79. The van der Waals surface area contributed by atoms with Crippen molar-refractivity contribution < 1.29 is 14.6 Å². The van der Waals surface area contributed by atoms with Crippen LogP contribution >= 0.6 is 0 Å². The third-order valence-corrected chi connectivity index (χ3v) is 4.05. The van der Waals surface area contributed by atoms with Gasteiger partial charge >= 0.3 is 0 Å². The maximum absolute atomic E-state index is 10.4. The largest absolute Gasteiger partial charge is 0.494 e. The van der Waals surface area contributed by atoms with Crippen LogP contribution < -0.4 is 9.47 Å². The first kappa shape index (κ1) is 15.2. The fourth-order valence-electron chi connectivity index (χ4n) is 2.70. The standard InChI is InChI=1S/C17H26O3/c1-4-12-19-13-7-9-14(10-8-13)20-15-6-5-11-17(2,3)16(15)18/h7-10,15-16,18H,4-6,11-12H2,1-3H3. The molecule has 0 bridgehead atoms. The summed E-state index contributed by atoms with van der Waals surface area (Å²) in [7, 11) is 0. The second-order valence-electron chi connectivity index (χ2n) is 6.30. The van der Waals surface area contributed by atoms with Crippen molar-refractivity contribution in [2.45, 2.75) is 58.7 Å². The third kappa shape index (κ3) is 3.66. The molecule has 1 aromatic carbocycles. The van der Waals surface area contributed by atoms with Crippen molar-refractivity contribution in [2.75, 3.05) is 6.61 Å². The zero-order chi connectivity index (χ0) is 14.6. The first-order valence-electron chi connectivity index (χ1n) is 7.60. The molecule has 1 aliphatic rings. The summed E-state index contributed by atoms with van der Waals surface area (Å²) in [5, 5.41) is 10.4. The summed E-state index contributed by atoms with van der Waals surface area (Å²) < 4.78 is 11.5. The maximum atomic E-state index is 10.4. The number of rotatable bonds is 5. The second kappa shape index (κ2) is 6.49. The molecule has 3 nitrogen and oxygen atoms in total. The molecule has 0 radical (unpaired) electrons. The Kier molecular flexibility index (Phi) is 4.92. The van der Waals surface area contributed by atoms with Gasteiger partial charge in [-0.1, -0.05) is 20.8 Å². The Morgan fingerprint density at radius 1 is 1.20 bits per heavy atom. The molecule has 112 valence electrons. The van der Waals surface area contributed by atoms with E-state index in [0.717, 1.165) is 43.8 Å². The molecule has 1 fully saturated rings. The summed E-state index contributed by atoms with van der Waals surface area (Å²) in [6, 6.07) is 7.68. The summed E-state index contributed by atoms with van der Waals surface area (Å²) in [5.41, 5.74) is -0.0624. The van der Waals surface area contributed by atoms with Crippen molar-refractivity contribution in [1.29, 1.82) is 0 Å². The molecule has 0 heterocycles. The van der Waals surface area contributed by atoms with Crippen LogP contribution in [0.1, 0.15) is 46.5 Å². The number of benzene rings is 1. The number of aliphatic hydroxyl groups excluding tert-OH is 1. The molecule has 2 atom stereocenters. The number of aliphatic hydroxyl groups is 1. The van der Waals surface area contributed by atoms with Crippen LogP contribution in [0.2, 0.25) is 0 Å². The van der Waals surface area contributed by atoms with Gasteiger partial charge < -0.3 is 14.6 Å². The average molecular weight is 278 g/mol. The Bertz CT molecular complexity index is 411. The normalized spacial score (nSPS) is 25.2. The molecule has 20 heavy (non-hydrogen) atoms. The van der Waals surface area contributed by atoms with Gasteiger partial charge in [0, 0.05) is 0 Å². The van der Waals surface area contributed by atoms with Crippen molar-refractivity contribution in [3.8, 4) is 11.5 Å². The lowest BCUT2D eigenvalue weighted by atomic mass is 9.73. The SMILES string of the molecule is CCCOc1ccc(OC2CCCC(C)(C)C2O)cc1. The molecule has 2 rings (SSSR count). The molecule has 0 aliphatic heterocycles. The lowest BCUT2D eigenvalue weighted by molar-refractivity contribution is -0.0689. The Labute approximate surface area is 121 Å². The summed E-state index contributed by atoms with van der Waals surface area (Å²) >= 11 is 0. The van der Waals surface area contributed by atoms with E-state index >= 15 is 0 Å². The number of ether oxygens (including phenoxy) is 2. The lowest BCUT2D eigenvalue weighted by Crippen LogP contribution is -2.46. The summed E-state index contributed by atoms with van der Waals surface area (Å²) in [6.07, 6.45) is 3.55. The zero-order valence-electron chi connectivity index (χ0n) is 12.8. The van der Waals surface area contributed by atoms with Gasteiger partial charge in [0.25, 0.3) is 0 Å². The van der Waals surface area contributed by atoms with Crippen LogP contribution in [0.15, 0.2) is 24.3 Å². The molecule has 1 saturated carbocycles. The fraction of sp³-hybridized carbons (Fsp3) is 0.647. The van der Waals surface area contributed by atoms with Crippen molar-refractivity contribution in [2.24, 2.45) is 5.41 Å². The van der Waals surface area contributed by atoms with Gasteiger partial charge in [-0.3, -0.25) is 0 Å². The van der Waals surface area contributed by atoms with Gasteiger partial charge in [-0.15, -0.1) is 0 Å². The minimum atomic E-state index is -0.410. The molecular formula is C17H26O3. The van der Waals surface area contributed by atoms with Crippen LogP contribution in [0.4, 0.5) is 0 Å². The van der Waals surface area contributed by atoms with Gasteiger partial charge in [-0.25, -0.2) is 0 Å². The van der Waals surface area contributed by atoms with E-state index in [4.69, 9.17) is 9.47 Å². The molecule has 1 aliphatic carbocycles. The quantitative estimate of drug-likeness (QED) is 0.890. The van der Waals surface area contributed by atoms with Crippen LogP contribution in [-0.4, -0.2) is 23.9 Å². The molecule has 0 saturated heterocycles. The van der Waals surface area contributed by atoms with Crippen LogP contribution in [0, 0.1) is 5.41 Å². The van der Waals surface area contributed by atoms with Gasteiger partial charge in [-0.05, 0) is 55.4 Å². The van der Waals surface area contributed by atoms with E-state index in [2.05, 4.69) is 20.8 Å². The number of hydrogen-bond donors (Lipinski definition) is 1. The summed E-state index contributed by atoms with van der Waals surface area (Å²) in [4.78, 5) is 0. The lowest BCUT2D eigenvalue weighted by Gasteiger charge is -2.40. The topological polar surface area (TPSA) is 38.7 Å². The molecule has 0 aromatic heterocycles. The Balaban J connectivity index is 1.95. The third-order valence-electron chi connectivity index (χ3n) is 4.05. The molecule has 3 heteroatoms. The first-order valence-corrected chi connectivity index (χ1v) is 7.60. The van der Waals surface area contributed by atoms with E-state index < -0.39 is 6.10 Å². The summed E-state index contributed by atoms with van der Waals surface area (Å²) in [5.74, 6) is 1.67. The zero-order valence-corrected chi connectivity index (χ0v) is 12.8. The average Bonchev–Trinajstić information content (AvgIpc) is 2.43. The van der Waals surface area contributed by atoms with Crippen LogP contribution in [0.5, 0.6) is 11.5 Å².